The minimum Gasteiger partial charge on any atom is -0.454 e. The first-order valence-corrected chi connectivity index (χ1v) is 15.8. The second kappa shape index (κ2) is 10.8. The van der Waals surface area contributed by atoms with E-state index in [1.165, 1.54) is 44.1 Å². The predicted octanol–water partition coefficient (Wildman–Crippen LogP) is 9.60. The van der Waals surface area contributed by atoms with Crippen molar-refractivity contribution in [3.8, 4) is 0 Å². The van der Waals surface area contributed by atoms with Crippen molar-refractivity contribution in [3.05, 3.63) is 68.6 Å². The molecule has 0 atom stereocenters. The highest BCUT2D eigenvalue weighted by Gasteiger charge is 2.56. The van der Waals surface area contributed by atoms with Gasteiger partial charge in [-0.2, -0.15) is 0 Å². The summed E-state index contributed by atoms with van der Waals surface area (Å²) in [5.74, 6) is 0.0368. The van der Waals surface area contributed by atoms with Crippen LogP contribution in [0.2, 0.25) is 0 Å². The molecule has 0 N–H and O–H groups in total. The van der Waals surface area contributed by atoms with Gasteiger partial charge in [0.25, 0.3) is 0 Å². The summed E-state index contributed by atoms with van der Waals surface area (Å²) in [5, 5.41) is 0. The molecule has 4 aliphatic heterocycles. The minimum absolute atomic E-state index is 0.0240. The van der Waals surface area contributed by atoms with E-state index in [-0.39, 0.29) is 22.6 Å². The van der Waals surface area contributed by atoms with Crippen molar-refractivity contribution in [2.75, 3.05) is 6.61 Å². The zero-order valence-electron chi connectivity index (χ0n) is 22.3. The van der Waals surface area contributed by atoms with Crippen LogP contribution in [0.25, 0.3) is 0 Å². The Hall–Kier alpha value is -1.17. The van der Waals surface area contributed by atoms with Crippen LogP contribution in [-0.2, 0) is 25.5 Å². The van der Waals surface area contributed by atoms with Gasteiger partial charge in [-0.15, -0.1) is 0 Å². The van der Waals surface area contributed by atoms with Crippen molar-refractivity contribution in [1.82, 2.24) is 0 Å². The van der Waals surface area contributed by atoms with Gasteiger partial charge in [0.15, 0.2) is 0 Å². The van der Waals surface area contributed by atoms with Crippen LogP contribution >= 0.6 is 31.9 Å². The second-order valence-corrected chi connectivity index (χ2v) is 13.8. The Bertz CT molecular complexity index is 1060. The molecule has 0 radical (unpaired) electrons. The summed E-state index contributed by atoms with van der Waals surface area (Å²) in [5.41, 5.74) is 2.52. The van der Waals surface area contributed by atoms with E-state index in [1.54, 1.807) is 0 Å². The SMILES string of the molecule is CCCC12CCC(c3ccc(Br)cc3)(CC1)OC2.CCCC12CCC(c3ccc(Br)cc3)(CC1)OC2=O. The summed E-state index contributed by atoms with van der Waals surface area (Å²) in [6.45, 7) is 5.41. The van der Waals surface area contributed by atoms with Crippen LogP contribution in [-0.4, -0.2) is 12.6 Å². The third-order valence-electron chi connectivity index (χ3n) is 9.76. The molecule has 0 aromatic heterocycles. The number of halogens is 2. The van der Waals surface area contributed by atoms with Crippen molar-refractivity contribution >= 4 is 37.8 Å². The van der Waals surface area contributed by atoms with E-state index in [2.05, 4.69) is 82.1 Å². The number of carbonyl (C=O) groups excluding carboxylic acids is 1. The second-order valence-electron chi connectivity index (χ2n) is 12.0. The van der Waals surface area contributed by atoms with Gasteiger partial charge >= 0.3 is 5.97 Å². The van der Waals surface area contributed by atoms with Gasteiger partial charge in [0.1, 0.15) is 5.60 Å². The first kappa shape index (κ1) is 27.4. The third kappa shape index (κ3) is 5.22. The van der Waals surface area contributed by atoms with Crippen LogP contribution in [0, 0.1) is 10.8 Å². The molecule has 200 valence electrons. The molecule has 0 unspecified atom stereocenters. The Balaban J connectivity index is 0.000000152. The summed E-state index contributed by atoms with van der Waals surface area (Å²) >= 11 is 6.96. The van der Waals surface area contributed by atoms with Gasteiger partial charge in [0, 0.05) is 8.95 Å². The number of fused-ring (bicyclic) bond motifs is 6. The number of rotatable bonds is 6. The molecule has 2 saturated carbocycles. The molecular weight excluding hydrogens is 592 g/mol. The van der Waals surface area contributed by atoms with Gasteiger partial charge in [-0.05, 0) is 105 Å². The lowest BCUT2D eigenvalue weighted by molar-refractivity contribution is -0.207. The molecule has 2 aromatic rings. The van der Waals surface area contributed by atoms with Crippen LogP contribution in [0.15, 0.2) is 57.5 Å². The maximum atomic E-state index is 12.4. The van der Waals surface area contributed by atoms with E-state index in [0.29, 0.717) is 5.41 Å². The van der Waals surface area contributed by atoms with E-state index >= 15 is 0 Å². The van der Waals surface area contributed by atoms with E-state index in [0.717, 1.165) is 59.6 Å². The molecule has 2 aliphatic carbocycles. The maximum absolute atomic E-state index is 12.4. The van der Waals surface area contributed by atoms with E-state index in [1.807, 2.05) is 12.1 Å². The highest BCUT2D eigenvalue weighted by molar-refractivity contribution is 9.10. The standard InChI is InChI=1S/C16H19BrO2.C16H21BrO/c1-2-7-15-8-10-16(11-9-15,19-14(15)18)12-3-5-13(17)6-4-12;1-2-7-15-8-10-16(11-9-15,18-12-15)13-3-5-14(17)6-4-13/h3-6H,2,7-11H2,1H3;3-6H,2,7-12H2,1H3. The van der Waals surface area contributed by atoms with Gasteiger partial charge in [-0.1, -0.05) is 82.8 Å². The number of ether oxygens (including phenoxy) is 2. The summed E-state index contributed by atoms with van der Waals surface area (Å²) in [7, 11) is 0. The maximum Gasteiger partial charge on any atom is 0.312 e. The fraction of sp³-hybridized carbons (Fsp3) is 0.594. The first-order valence-electron chi connectivity index (χ1n) is 14.2. The van der Waals surface area contributed by atoms with Crippen molar-refractivity contribution in [1.29, 1.82) is 0 Å². The Morgan fingerprint density at radius 1 is 0.676 bits per heavy atom. The summed E-state index contributed by atoms with van der Waals surface area (Å²) in [6, 6.07) is 16.9. The topological polar surface area (TPSA) is 35.5 Å². The summed E-state index contributed by atoms with van der Waals surface area (Å²) in [6.07, 6.45) is 13.7. The summed E-state index contributed by atoms with van der Waals surface area (Å²) < 4.78 is 14.4. The van der Waals surface area contributed by atoms with Crippen LogP contribution in [0.3, 0.4) is 0 Å². The molecule has 4 heterocycles. The average Bonchev–Trinajstić information content (AvgIpc) is 2.92. The normalized spacial score (nSPS) is 34.0. The van der Waals surface area contributed by atoms with E-state index in [4.69, 9.17) is 9.47 Å². The van der Waals surface area contributed by atoms with E-state index < -0.39 is 0 Å². The lowest BCUT2D eigenvalue weighted by Crippen LogP contribution is -2.52. The molecule has 6 fully saturated rings. The first-order chi connectivity index (χ1) is 17.8. The number of hydrogen-bond acceptors (Lipinski definition) is 3. The Labute approximate surface area is 239 Å². The fourth-order valence-corrected chi connectivity index (χ4v) is 7.93. The average molecular weight is 632 g/mol. The van der Waals surface area contributed by atoms with Crippen molar-refractivity contribution < 1.29 is 14.3 Å². The number of benzene rings is 2. The Kier molecular flexibility index (Phi) is 7.98. The van der Waals surface area contributed by atoms with Crippen molar-refractivity contribution in [3.63, 3.8) is 0 Å². The number of hydrogen-bond donors (Lipinski definition) is 0. The minimum atomic E-state index is -0.354. The molecule has 37 heavy (non-hydrogen) atoms. The van der Waals surface area contributed by atoms with Gasteiger partial charge in [0.05, 0.1) is 17.6 Å². The quantitative estimate of drug-likeness (QED) is 0.298. The molecular formula is C32H40Br2O3. The zero-order valence-corrected chi connectivity index (χ0v) is 25.5. The Morgan fingerprint density at radius 3 is 1.59 bits per heavy atom. The number of carbonyl (C=O) groups is 1. The van der Waals surface area contributed by atoms with Crippen LogP contribution in [0.1, 0.15) is 102 Å². The molecule has 6 aliphatic rings. The Morgan fingerprint density at radius 2 is 1.16 bits per heavy atom. The lowest BCUT2D eigenvalue weighted by Gasteiger charge is -2.53. The van der Waals surface area contributed by atoms with Gasteiger partial charge in [-0.3, -0.25) is 4.79 Å². The van der Waals surface area contributed by atoms with Crippen molar-refractivity contribution in [2.24, 2.45) is 10.8 Å². The molecule has 0 spiro atoms. The molecule has 8 rings (SSSR count). The summed E-state index contributed by atoms with van der Waals surface area (Å²) in [4.78, 5) is 12.4. The molecule has 4 bridgehead atoms. The lowest BCUT2D eigenvalue weighted by atomic mass is 9.62. The van der Waals surface area contributed by atoms with Crippen LogP contribution in [0.5, 0.6) is 0 Å². The zero-order chi connectivity index (χ0) is 26.2. The highest BCUT2D eigenvalue weighted by atomic mass is 79.9. The van der Waals surface area contributed by atoms with Crippen LogP contribution < -0.4 is 0 Å². The fourth-order valence-electron chi connectivity index (χ4n) is 7.40. The van der Waals surface area contributed by atoms with Gasteiger partial charge in [-0.25, -0.2) is 0 Å². The molecule has 0 amide bonds. The highest BCUT2D eigenvalue weighted by Crippen LogP contribution is 2.57. The van der Waals surface area contributed by atoms with Crippen LogP contribution in [0.4, 0.5) is 0 Å². The largest absolute Gasteiger partial charge is 0.454 e. The molecule has 3 nitrogen and oxygen atoms in total. The monoisotopic (exact) mass is 630 g/mol. The smallest absolute Gasteiger partial charge is 0.312 e. The van der Waals surface area contributed by atoms with Gasteiger partial charge in [0.2, 0.25) is 0 Å². The predicted molar refractivity (Wildman–Crippen MR) is 155 cm³/mol. The molecule has 2 aromatic carbocycles. The van der Waals surface area contributed by atoms with E-state index in [9.17, 15) is 4.79 Å². The van der Waals surface area contributed by atoms with Gasteiger partial charge < -0.3 is 9.47 Å². The molecule has 5 heteroatoms. The third-order valence-corrected chi connectivity index (χ3v) is 10.8. The number of esters is 1. The molecule has 4 saturated heterocycles. The van der Waals surface area contributed by atoms with Crippen molar-refractivity contribution in [2.45, 2.75) is 102 Å².